The lowest BCUT2D eigenvalue weighted by Gasteiger charge is -2.11. The standard InChI is InChI=1S/C19H21N7/c1-13-11-21-19(24-17(13)18-22-12-23-25(18)3)20-8-9-26-14(2)10-15-6-4-5-7-16(15)26/h4-7,10-12H,8-9H2,1-3H3,(H,20,21,24). The number of nitrogens with one attached hydrogen (secondary N) is 1. The minimum absolute atomic E-state index is 0.600. The number of fused-ring (bicyclic) bond motifs is 1. The van der Waals surface area contributed by atoms with Crippen LogP contribution in [0.15, 0.2) is 42.9 Å². The summed E-state index contributed by atoms with van der Waals surface area (Å²) in [5.41, 5.74) is 4.26. The van der Waals surface area contributed by atoms with Gasteiger partial charge >= 0.3 is 0 Å². The lowest BCUT2D eigenvalue weighted by Crippen LogP contribution is -2.13. The van der Waals surface area contributed by atoms with Crippen LogP contribution in [-0.4, -0.2) is 35.8 Å². The lowest BCUT2D eigenvalue weighted by atomic mass is 10.2. The van der Waals surface area contributed by atoms with Crippen molar-refractivity contribution in [2.24, 2.45) is 7.05 Å². The van der Waals surface area contributed by atoms with Gasteiger partial charge in [-0.1, -0.05) is 18.2 Å². The zero-order valence-electron chi connectivity index (χ0n) is 15.1. The fraction of sp³-hybridized carbons (Fsp3) is 0.263. The van der Waals surface area contributed by atoms with Gasteiger partial charge in [-0.25, -0.2) is 19.6 Å². The molecule has 132 valence electrons. The monoisotopic (exact) mass is 347 g/mol. The third kappa shape index (κ3) is 2.92. The Labute approximate surface area is 151 Å². The molecule has 0 fully saturated rings. The van der Waals surface area contributed by atoms with Crippen molar-refractivity contribution in [2.45, 2.75) is 20.4 Å². The van der Waals surface area contributed by atoms with Gasteiger partial charge in [0.15, 0.2) is 5.82 Å². The first-order valence-electron chi connectivity index (χ1n) is 8.60. The van der Waals surface area contributed by atoms with E-state index < -0.39 is 0 Å². The zero-order valence-corrected chi connectivity index (χ0v) is 15.1. The minimum atomic E-state index is 0.600. The first-order valence-corrected chi connectivity index (χ1v) is 8.60. The summed E-state index contributed by atoms with van der Waals surface area (Å²) >= 11 is 0. The predicted molar refractivity (Wildman–Crippen MR) is 102 cm³/mol. The van der Waals surface area contributed by atoms with Crippen LogP contribution < -0.4 is 5.32 Å². The summed E-state index contributed by atoms with van der Waals surface area (Å²) in [6.45, 7) is 5.69. The average Bonchev–Trinajstić information content (AvgIpc) is 3.19. The first kappa shape index (κ1) is 16.3. The summed E-state index contributed by atoms with van der Waals surface area (Å²) in [6.07, 6.45) is 3.35. The summed E-state index contributed by atoms with van der Waals surface area (Å²) in [7, 11) is 1.86. The third-order valence-corrected chi connectivity index (χ3v) is 4.53. The second-order valence-electron chi connectivity index (χ2n) is 6.36. The van der Waals surface area contributed by atoms with Gasteiger partial charge in [0, 0.05) is 37.5 Å². The number of rotatable bonds is 5. The van der Waals surface area contributed by atoms with Crippen LogP contribution in [-0.2, 0) is 13.6 Å². The van der Waals surface area contributed by atoms with Crippen molar-refractivity contribution in [3.05, 3.63) is 54.1 Å². The minimum Gasteiger partial charge on any atom is -0.352 e. The van der Waals surface area contributed by atoms with Gasteiger partial charge in [-0.05, 0) is 36.9 Å². The zero-order chi connectivity index (χ0) is 18.1. The molecule has 0 bridgehead atoms. The van der Waals surface area contributed by atoms with E-state index in [-0.39, 0.29) is 0 Å². The van der Waals surface area contributed by atoms with E-state index in [9.17, 15) is 0 Å². The van der Waals surface area contributed by atoms with Gasteiger partial charge in [0.05, 0.1) is 0 Å². The molecule has 7 heteroatoms. The van der Waals surface area contributed by atoms with Crippen molar-refractivity contribution in [1.82, 2.24) is 29.3 Å². The van der Waals surface area contributed by atoms with Crippen LogP contribution >= 0.6 is 0 Å². The molecule has 3 heterocycles. The van der Waals surface area contributed by atoms with Crippen molar-refractivity contribution in [2.75, 3.05) is 11.9 Å². The fourth-order valence-electron chi connectivity index (χ4n) is 3.19. The number of aryl methyl sites for hydroxylation is 3. The second-order valence-corrected chi connectivity index (χ2v) is 6.36. The molecule has 26 heavy (non-hydrogen) atoms. The number of aromatic nitrogens is 6. The molecule has 0 aliphatic rings. The molecular weight excluding hydrogens is 326 g/mol. The maximum Gasteiger partial charge on any atom is 0.223 e. The Morgan fingerprint density at radius 1 is 1.12 bits per heavy atom. The number of para-hydroxylation sites is 1. The molecule has 0 amide bonds. The van der Waals surface area contributed by atoms with E-state index in [4.69, 9.17) is 0 Å². The Morgan fingerprint density at radius 2 is 1.96 bits per heavy atom. The topological polar surface area (TPSA) is 73.5 Å². The maximum atomic E-state index is 4.62. The lowest BCUT2D eigenvalue weighted by molar-refractivity contribution is 0.730. The van der Waals surface area contributed by atoms with Crippen molar-refractivity contribution >= 4 is 16.9 Å². The number of benzene rings is 1. The normalized spacial score (nSPS) is 11.2. The van der Waals surface area contributed by atoms with Crippen LogP contribution in [0.2, 0.25) is 0 Å². The van der Waals surface area contributed by atoms with Crippen LogP contribution in [0.4, 0.5) is 5.95 Å². The van der Waals surface area contributed by atoms with Crippen LogP contribution in [0.25, 0.3) is 22.4 Å². The van der Waals surface area contributed by atoms with Crippen LogP contribution in [0.1, 0.15) is 11.3 Å². The molecule has 0 radical (unpaired) electrons. The molecule has 0 aliphatic heterocycles. The molecule has 0 saturated heterocycles. The van der Waals surface area contributed by atoms with Gasteiger partial charge in [-0.15, -0.1) is 0 Å². The van der Waals surface area contributed by atoms with Gasteiger partial charge in [0.2, 0.25) is 5.95 Å². The predicted octanol–water partition coefficient (Wildman–Crippen LogP) is 2.96. The molecule has 0 spiro atoms. The molecule has 4 rings (SSSR count). The van der Waals surface area contributed by atoms with Crippen molar-refractivity contribution in [3.8, 4) is 11.5 Å². The molecule has 4 aromatic rings. The van der Waals surface area contributed by atoms with E-state index in [2.05, 4.69) is 67.2 Å². The molecule has 1 N–H and O–H groups in total. The van der Waals surface area contributed by atoms with Crippen molar-refractivity contribution in [3.63, 3.8) is 0 Å². The van der Waals surface area contributed by atoms with Crippen molar-refractivity contribution in [1.29, 1.82) is 0 Å². The Hall–Kier alpha value is -3.22. The molecule has 3 aromatic heterocycles. The number of nitrogens with zero attached hydrogens (tertiary/aromatic N) is 6. The average molecular weight is 347 g/mol. The van der Waals surface area contributed by atoms with Gasteiger partial charge < -0.3 is 9.88 Å². The van der Waals surface area contributed by atoms with E-state index in [0.717, 1.165) is 30.2 Å². The molecule has 0 atom stereocenters. The van der Waals surface area contributed by atoms with E-state index in [0.29, 0.717) is 5.95 Å². The summed E-state index contributed by atoms with van der Waals surface area (Å²) in [5.74, 6) is 1.34. The number of hydrogen-bond donors (Lipinski definition) is 1. The smallest absolute Gasteiger partial charge is 0.223 e. The highest BCUT2D eigenvalue weighted by molar-refractivity contribution is 5.81. The van der Waals surface area contributed by atoms with E-state index >= 15 is 0 Å². The van der Waals surface area contributed by atoms with Gasteiger partial charge in [-0.2, -0.15) is 5.10 Å². The summed E-state index contributed by atoms with van der Waals surface area (Å²) in [5, 5.41) is 8.71. The highest BCUT2D eigenvalue weighted by Crippen LogP contribution is 2.20. The van der Waals surface area contributed by atoms with Crippen molar-refractivity contribution < 1.29 is 0 Å². The van der Waals surface area contributed by atoms with E-state index in [1.165, 1.54) is 22.9 Å². The Morgan fingerprint density at radius 3 is 2.77 bits per heavy atom. The van der Waals surface area contributed by atoms with Gasteiger partial charge in [-0.3, -0.25) is 0 Å². The number of anilines is 1. The molecular formula is C19H21N7. The van der Waals surface area contributed by atoms with E-state index in [1.54, 1.807) is 4.68 Å². The fourth-order valence-corrected chi connectivity index (χ4v) is 3.19. The SMILES string of the molecule is Cc1cnc(NCCn2c(C)cc3ccccc32)nc1-c1ncnn1C. The molecule has 0 aliphatic carbocycles. The third-order valence-electron chi connectivity index (χ3n) is 4.53. The second kappa shape index (κ2) is 6.59. The molecule has 1 aromatic carbocycles. The summed E-state index contributed by atoms with van der Waals surface area (Å²) in [6, 6.07) is 10.6. The first-order chi connectivity index (χ1) is 12.6. The molecule has 7 nitrogen and oxygen atoms in total. The Balaban J connectivity index is 1.52. The summed E-state index contributed by atoms with van der Waals surface area (Å²) in [4.78, 5) is 13.3. The quantitative estimate of drug-likeness (QED) is 0.601. The van der Waals surface area contributed by atoms with Crippen LogP contribution in [0.3, 0.4) is 0 Å². The van der Waals surface area contributed by atoms with E-state index in [1.807, 2.05) is 20.2 Å². The highest BCUT2D eigenvalue weighted by Gasteiger charge is 2.11. The molecule has 0 saturated carbocycles. The van der Waals surface area contributed by atoms with Crippen LogP contribution in [0.5, 0.6) is 0 Å². The Bertz CT molecular complexity index is 1060. The van der Waals surface area contributed by atoms with Gasteiger partial charge in [0.25, 0.3) is 0 Å². The van der Waals surface area contributed by atoms with Crippen LogP contribution in [0, 0.1) is 13.8 Å². The van der Waals surface area contributed by atoms with Gasteiger partial charge in [0.1, 0.15) is 12.0 Å². The Kier molecular flexibility index (Phi) is 4.12. The number of hydrogen-bond acceptors (Lipinski definition) is 5. The highest BCUT2D eigenvalue weighted by atomic mass is 15.3. The largest absolute Gasteiger partial charge is 0.352 e. The maximum absolute atomic E-state index is 4.62. The molecule has 0 unspecified atom stereocenters. The summed E-state index contributed by atoms with van der Waals surface area (Å²) < 4.78 is 4.02.